The second-order valence-electron chi connectivity index (χ2n) is 4.43. The van der Waals surface area contributed by atoms with Gasteiger partial charge in [-0.15, -0.1) is 0 Å². The summed E-state index contributed by atoms with van der Waals surface area (Å²) >= 11 is 0. The van der Waals surface area contributed by atoms with Gasteiger partial charge in [0.05, 0.1) is 6.20 Å². The standard InChI is InChI=1S/C12H14FN3O3S/c1-8-12(9(2)19-15-8)20(17,18)16(3)7-10-4-11(13)6-14-5-10/h4-6H,7H2,1-3H3. The molecule has 0 fully saturated rings. The summed E-state index contributed by atoms with van der Waals surface area (Å²) in [6.07, 6.45) is 2.48. The fourth-order valence-electron chi connectivity index (χ4n) is 1.88. The van der Waals surface area contributed by atoms with Gasteiger partial charge < -0.3 is 4.52 Å². The predicted octanol–water partition coefficient (Wildman–Crippen LogP) is 1.65. The van der Waals surface area contributed by atoms with Crippen LogP contribution in [0.4, 0.5) is 4.39 Å². The fraction of sp³-hybridized carbons (Fsp3) is 0.333. The van der Waals surface area contributed by atoms with Gasteiger partial charge >= 0.3 is 0 Å². The van der Waals surface area contributed by atoms with Gasteiger partial charge in [0.2, 0.25) is 10.0 Å². The van der Waals surface area contributed by atoms with Crippen LogP contribution in [0.15, 0.2) is 27.9 Å². The lowest BCUT2D eigenvalue weighted by Gasteiger charge is -2.16. The molecule has 0 aliphatic rings. The Morgan fingerprint density at radius 3 is 2.60 bits per heavy atom. The minimum atomic E-state index is -3.74. The molecular formula is C12H14FN3O3S. The van der Waals surface area contributed by atoms with E-state index in [1.807, 2.05) is 0 Å². The lowest BCUT2D eigenvalue weighted by atomic mass is 10.3. The first kappa shape index (κ1) is 14.6. The predicted molar refractivity (Wildman–Crippen MR) is 68.8 cm³/mol. The van der Waals surface area contributed by atoms with Gasteiger partial charge in [0.25, 0.3) is 0 Å². The van der Waals surface area contributed by atoms with E-state index < -0.39 is 15.8 Å². The molecule has 8 heteroatoms. The zero-order valence-electron chi connectivity index (χ0n) is 11.3. The Morgan fingerprint density at radius 1 is 1.35 bits per heavy atom. The average Bonchev–Trinajstić information content (AvgIpc) is 2.69. The van der Waals surface area contributed by atoms with Crippen molar-refractivity contribution in [2.45, 2.75) is 25.3 Å². The second kappa shape index (κ2) is 5.29. The molecule has 0 spiro atoms. The Bertz CT molecular complexity index is 708. The molecule has 0 bridgehead atoms. The molecule has 0 aliphatic carbocycles. The van der Waals surface area contributed by atoms with Crippen molar-refractivity contribution in [2.24, 2.45) is 0 Å². The van der Waals surface area contributed by atoms with Crippen LogP contribution >= 0.6 is 0 Å². The van der Waals surface area contributed by atoms with Gasteiger partial charge in [-0.3, -0.25) is 4.98 Å². The lowest BCUT2D eigenvalue weighted by Crippen LogP contribution is -2.27. The molecule has 108 valence electrons. The monoisotopic (exact) mass is 299 g/mol. The van der Waals surface area contributed by atoms with Crippen molar-refractivity contribution in [1.82, 2.24) is 14.4 Å². The van der Waals surface area contributed by atoms with Gasteiger partial charge in [-0.1, -0.05) is 5.16 Å². The Balaban J connectivity index is 2.31. The molecule has 2 aromatic heterocycles. The third-order valence-electron chi connectivity index (χ3n) is 2.80. The summed E-state index contributed by atoms with van der Waals surface area (Å²) in [6.45, 7) is 3.10. The third-order valence-corrected chi connectivity index (χ3v) is 4.85. The van der Waals surface area contributed by atoms with E-state index in [1.54, 1.807) is 6.92 Å². The molecule has 2 aromatic rings. The fourth-order valence-corrected chi connectivity index (χ4v) is 3.32. The van der Waals surface area contributed by atoms with Gasteiger partial charge in [-0.2, -0.15) is 4.31 Å². The first-order valence-electron chi connectivity index (χ1n) is 5.81. The maximum absolute atomic E-state index is 13.1. The molecule has 0 saturated carbocycles. The van der Waals surface area contributed by atoms with Gasteiger partial charge in [-0.25, -0.2) is 12.8 Å². The molecule has 0 amide bonds. The number of halogens is 1. The van der Waals surface area contributed by atoms with Gasteiger partial charge in [0.1, 0.15) is 16.4 Å². The number of pyridine rings is 1. The topological polar surface area (TPSA) is 76.3 Å². The van der Waals surface area contributed by atoms with Crippen LogP contribution in [-0.4, -0.2) is 29.9 Å². The number of aromatic nitrogens is 2. The molecule has 2 rings (SSSR count). The molecule has 2 heterocycles. The Labute approximate surface area is 116 Å². The van der Waals surface area contributed by atoms with Crippen LogP contribution in [0.3, 0.4) is 0 Å². The Hall–Kier alpha value is -1.80. The smallest absolute Gasteiger partial charge is 0.248 e. The highest BCUT2D eigenvalue weighted by molar-refractivity contribution is 7.89. The van der Waals surface area contributed by atoms with E-state index in [9.17, 15) is 12.8 Å². The maximum atomic E-state index is 13.1. The zero-order valence-corrected chi connectivity index (χ0v) is 12.1. The number of hydrogen-bond acceptors (Lipinski definition) is 5. The summed E-state index contributed by atoms with van der Waals surface area (Å²) < 4.78 is 43.9. The summed E-state index contributed by atoms with van der Waals surface area (Å²) in [5.74, 6) is -0.280. The first-order valence-corrected chi connectivity index (χ1v) is 7.25. The minimum absolute atomic E-state index is 0.0111. The number of rotatable bonds is 4. The quantitative estimate of drug-likeness (QED) is 0.858. The zero-order chi connectivity index (χ0) is 14.9. The van der Waals surface area contributed by atoms with Crippen molar-refractivity contribution >= 4 is 10.0 Å². The molecule has 20 heavy (non-hydrogen) atoms. The van der Waals surface area contributed by atoms with E-state index in [0.29, 0.717) is 11.3 Å². The van der Waals surface area contributed by atoms with Crippen LogP contribution in [0, 0.1) is 19.7 Å². The SMILES string of the molecule is Cc1noc(C)c1S(=O)(=O)N(C)Cc1cncc(F)c1. The van der Waals surface area contributed by atoms with Crippen molar-refractivity contribution in [3.8, 4) is 0 Å². The van der Waals surface area contributed by atoms with Crippen molar-refractivity contribution < 1.29 is 17.3 Å². The minimum Gasteiger partial charge on any atom is -0.360 e. The average molecular weight is 299 g/mol. The molecule has 0 aliphatic heterocycles. The molecule has 6 nitrogen and oxygen atoms in total. The summed E-state index contributed by atoms with van der Waals surface area (Å²) in [5, 5.41) is 3.63. The van der Waals surface area contributed by atoms with E-state index >= 15 is 0 Å². The van der Waals surface area contributed by atoms with Gasteiger partial charge in [-0.05, 0) is 25.5 Å². The van der Waals surface area contributed by atoms with E-state index in [0.717, 1.165) is 10.5 Å². The normalized spacial score (nSPS) is 12.1. The van der Waals surface area contributed by atoms with Crippen LogP contribution in [0.1, 0.15) is 17.0 Å². The van der Waals surface area contributed by atoms with Crippen LogP contribution in [0.25, 0.3) is 0 Å². The van der Waals surface area contributed by atoms with Crippen LogP contribution in [0.2, 0.25) is 0 Å². The summed E-state index contributed by atoms with van der Waals surface area (Å²) in [7, 11) is -2.33. The largest absolute Gasteiger partial charge is 0.360 e. The molecule has 0 atom stereocenters. The summed E-state index contributed by atoms with van der Waals surface area (Å²) in [6, 6.07) is 1.24. The van der Waals surface area contributed by atoms with E-state index in [4.69, 9.17) is 4.52 Å². The Morgan fingerprint density at radius 2 is 2.05 bits per heavy atom. The molecule has 0 N–H and O–H groups in total. The maximum Gasteiger partial charge on any atom is 0.248 e. The molecular weight excluding hydrogens is 285 g/mol. The molecule has 0 radical (unpaired) electrons. The van der Waals surface area contributed by atoms with E-state index in [-0.39, 0.29) is 17.2 Å². The number of sulfonamides is 1. The second-order valence-corrected chi connectivity index (χ2v) is 6.41. The van der Waals surface area contributed by atoms with Crippen LogP contribution in [0.5, 0.6) is 0 Å². The number of nitrogens with zero attached hydrogens (tertiary/aromatic N) is 3. The van der Waals surface area contributed by atoms with Gasteiger partial charge in [0, 0.05) is 19.8 Å². The lowest BCUT2D eigenvalue weighted by molar-refractivity contribution is 0.389. The molecule has 0 unspecified atom stereocenters. The van der Waals surface area contributed by atoms with E-state index in [2.05, 4.69) is 10.1 Å². The van der Waals surface area contributed by atoms with Crippen molar-refractivity contribution in [3.05, 3.63) is 41.3 Å². The Kier molecular flexibility index (Phi) is 3.87. The van der Waals surface area contributed by atoms with Crippen molar-refractivity contribution in [2.75, 3.05) is 7.05 Å². The number of aryl methyl sites for hydroxylation is 2. The third kappa shape index (κ3) is 2.70. The number of hydrogen-bond donors (Lipinski definition) is 0. The molecule has 0 aromatic carbocycles. The van der Waals surface area contributed by atoms with Crippen LogP contribution < -0.4 is 0 Å². The van der Waals surface area contributed by atoms with E-state index in [1.165, 1.54) is 26.2 Å². The van der Waals surface area contributed by atoms with Gasteiger partial charge in [0.15, 0.2) is 5.76 Å². The highest BCUT2D eigenvalue weighted by Crippen LogP contribution is 2.23. The highest BCUT2D eigenvalue weighted by Gasteiger charge is 2.28. The molecule has 0 saturated heterocycles. The van der Waals surface area contributed by atoms with Crippen molar-refractivity contribution in [1.29, 1.82) is 0 Å². The summed E-state index contributed by atoms with van der Waals surface area (Å²) in [5.41, 5.74) is 0.759. The highest BCUT2D eigenvalue weighted by atomic mass is 32.2. The van der Waals surface area contributed by atoms with Crippen LogP contribution in [-0.2, 0) is 16.6 Å². The van der Waals surface area contributed by atoms with Crippen molar-refractivity contribution in [3.63, 3.8) is 0 Å². The summed E-state index contributed by atoms with van der Waals surface area (Å²) in [4.78, 5) is 3.74. The first-order chi connectivity index (χ1) is 9.32.